The summed E-state index contributed by atoms with van der Waals surface area (Å²) in [5, 5.41) is 11.3. The number of H-pyrrole nitrogens is 1. The number of aryl methyl sites for hydroxylation is 1. The number of fused-ring (bicyclic) bond motifs is 1. The Morgan fingerprint density at radius 3 is 2.74 bits per heavy atom. The Kier molecular flexibility index (Phi) is 6.87. The first kappa shape index (κ1) is 23.4. The molecule has 2 heterocycles. The third kappa shape index (κ3) is 5.40. The molecule has 0 radical (unpaired) electrons. The van der Waals surface area contributed by atoms with E-state index in [9.17, 15) is 13.2 Å². The van der Waals surface area contributed by atoms with Crippen LogP contribution < -0.4 is 10.1 Å². The van der Waals surface area contributed by atoms with Gasteiger partial charge in [-0.25, -0.2) is 13.4 Å². The third-order valence-corrected chi connectivity index (χ3v) is 6.35. The van der Waals surface area contributed by atoms with E-state index < -0.39 is 9.84 Å². The van der Waals surface area contributed by atoms with Crippen molar-refractivity contribution in [3.8, 4) is 17.0 Å². The highest BCUT2D eigenvalue weighted by atomic mass is 32.2. The first-order chi connectivity index (χ1) is 16.3. The average Bonchev–Trinajstić information content (AvgIpc) is 3.34. The maximum Gasteiger partial charge on any atom is 0.251 e. The van der Waals surface area contributed by atoms with Crippen LogP contribution >= 0.6 is 0 Å². The van der Waals surface area contributed by atoms with Crippen molar-refractivity contribution in [2.75, 3.05) is 19.4 Å². The first-order valence-electron chi connectivity index (χ1n) is 10.9. The number of nitrogens with zero attached hydrogens (tertiary/aromatic N) is 3. The molecule has 2 aromatic carbocycles. The molecule has 10 heteroatoms. The Balaban J connectivity index is 1.61. The monoisotopic (exact) mass is 479 g/mol. The number of carbonyl (C=O) groups excluding carboxylic acids is 1. The molecule has 0 atom stereocenters. The van der Waals surface area contributed by atoms with Crippen LogP contribution in [0.1, 0.15) is 29.5 Å². The summed E-state index contributed by atoms with van der Waals surface area (Å²) in [6.45, 7) is 2.83. The summed E-state index contributed by atoms with van der Waals surface area (Å²) in [5.41, 5.74) is 2.27. The van der Waals surface area contributed by atoms with Crippen molar-refractivity contribution < 1.29 is 17.9 Å². The molecule has 0 aliphatic rings. The molecule has 4 aromatic rings. The van der Waals surface area contributed by atoms with Gasteiger partial charge in [0.25, 0.3) is 5.91 Å². The van der Waals surface area contributed by atoms with Crippen LogP contribution in [0.3, 0.4) is 0 Å². The van der Waals surface area contributed by atoms with Crippen LogP contribution in [0.2, 0.25) is 0 Å². The fraction of sp³-hybridized carbons (Fsp3) is 0.250. The lowest BCUT2D eigenvalue weighted by Crippen LogP contribution is -2.24. The lowest BCUT2D eigenvalue weighted by Gasteiger charge is -2.12. The van der Waals surface area contributed by atoms with Gasteiger partial charge < -0.3 is 15.0 Å². The molecular weight excluding hydrogens is 454 g/mol. The number of rotatable bonds is 9. The first-order valence-corrected chi connectivity index (χ1v) is 12.8. The molecule has 2 N–H and O–H groups in total. The molecule has 1 amide bonds. The van der Waals surface area contributed by atoms with Gasteiger partial charge in [0, 0.05) is 41.8 Å². The van der Waals surface area contributed by atoms with Crippen LogP contribution in [-0.2, 0) is 16.3 Å². The topological polar surface area (TPSA) is 127 Å². The highest BCUT2D eigenvalue weighted by molar-refractivity contribution is 7.90. The van der Waals surface area contributed by atoms with Gasteiger partial charge in [0.05, 0.1) is 22.7 Å². The average molecular weight is 480 g/mol. The molecule has 0 unspecified atom stereocenters. The van der Waals surface area contributed by atoms with E-state index in [0.717, 1.165) is 17.6 Å². The molecule has 0 saturated carbocycles. The normalized spacial score (nSPS) is 11.5. The van der Waals surface area contributed by atoms with Gasteiger partial charge in [0.15, 0.2) is 9.84 Å². The Morgan fingerprint density at radius 2 is 2.00 bits per heavy atom. The summed E-state index contributed by atoms with van der Waals surface area (Å²) in [6, 6.07) is 13.7. The molecule has 0 aliphatic heterocycles. The van der Waals surface area contributed by atoms with Gasteiger partial charge in [0.1, 0.15) is 17.9 Å². The zero-order chi connectivity index (χ0) is 24.1. The minimum Gasteiger partial charge on any atom is -0.493 e. The molecule has 0 fully saturated rings. The smallest absolute Gasteiger partial charge is 0.251 e. The molecule has 0 spiro atoms. The number of nitrogens with one attached hydrogen (secondary N) is 2. The summed E-state index contributed by atoms with van der Waals surface area (Å²) in [7, 11) is -3.36. The van der Waals surface area contributed by atoms with Crippen LogP contribution in [0.25, 0.3) is 22.2 Å². The number of aromatic nitrogens is 4. The van der Waals surface area contributed by atoms with Gasteiger partial charge in [-0.2, -0.15) is 0 Å². The van der Waals surface area contributed by atoms with Crippen molar-refractivity contribution in [1.82, 2.24) is 25.5 Å². The number of ether oxygens (including phenoxy) is 1. The van der Waals surface area contributed by atoms with Crippen LogP contribution in [0.5, 0.6) is 5.75 Å². The lowest BCUT2D eigenvalue weighted by atomic mass is 10.1. The van der Waals surface area contributed by atoms with Crippen LogP contribution in [0, 0.1) is 0 Å². The number of amides is 1. The van der Waals surface area contributed by atoms with Gasteiger partial charge in [-0.05, 0) is 43.7 Å². The van der Waals surface area contributed by atoms with Crippen LogP contribution in [0.15, 0.2) is 59.8 Å². The minimum atomic E-state index is -3.36. The lowest BCUT2D eigenvalue weighted by molar-refractivity contribution is 0.0953. The molecule has 0 saturated heterocycles. The molecule has 0 aliphatic carbocycles. The van der Waals surface area contributed by atoms with Crippen molar-refractivity contribution in [2.45, 2.75) is 24.7 Å². The second kappa shape index (κ2) is 10.0. The number of hydrogen-bond donors (Lipinski definition) is 2. The van der Waals surface area contributed by atoms with Gasteiger partial charge >= 0.3 is 0 Å². The number of aromatic amines is 1. The predicted molar refractivity (Wildman–Crippen MR) is 128 cm³/mol. The van der Waals surface area contributed by atoms with Crippen molar-refractivity contribution >= 4 is 26.6 Å². The van der Waals surface area contributed by atoms with E-state index in [1.165, 1.54) is 12.6 Å². The second-order valence-electron chi connectivity index (χ2n) is 7.77. The number of hydrogen-bond acceptors (Lipinski definition) is 7. The Hall–Kier alpha value is -3.79. The fourth-order valence-corrected chi connectivity index (χ4v) is 4.23. The van der Waals surface area contributed by atoms with Crippen molar-refractivity contribution in [1.29, 1.82) is 0 Å². The van der Waals surface area contributed by atoms with Gasteiger partial charge in [-0.15, -0.1) is 10.2 Å². The van der Waals surface area contributed by atoms with Gasteiger partial charge in [0.2, 0.25) is 0 Å². The Bertz CT molecular complexity index is 1420. The third-order valence-electron chi connectivity index (χ3n) is 5.24. The van der Waals surface area contributed by atoms with Gasteiger partial charge in [-0.3, -0.25) is 4.79 Å². The fourth-order valence-electron chi connectivity index (χ4n) is 3.56. The van der Waals surface area contributed by atoms with E-state index in [2.05, 4.69) is 20.5 Å². The van der Waals surface area contributed by atoms with Crippen molar-refractivity contribution in [3.05, 3.63) is 66.2 Å². The second-order valence-corrected chi connectivity index (χ2v) is 9.78. The maximum absolute atomic E-state index is 12.7. The zero-order valence-electron chi connectivity index (χ0n) is 18.9. The standard InChI is InChI=1S/C24H25N5O4S/c1-3-33-22-14-20(16-6-4-7-18(12-16)34(2,31)32)28-21-13-17(9-10-19(21)22)24(30)25-11-5-8-23-26-15-27-29-23/h4,6-7,9-10,12-15H,3,5,8,11H2,1-2H3,(H,25,30)(H,26,27,29). The maximum atomic E-state index is 12.7. The molecule has 34 heavy (non-hydrogen) atoms. The quantitative estimate of drug-likeness (QED) is 0.353. The highest BCUT2D eigenvalue weighted by Crippen LogP contribution is 2.31. The molecule has 4 rings (SSSR count). The molecule has 2 aromatic heterocycles. The number of benzene rings is 2. The number of carbonyl (C=O) groups is 1. The summed E-state index contributed by atoms with van der Waals surface area (Å²) < 4.78 is 29.8. The van der Waals surface area contributed by atoms with Crippen LogP contribution in [0.4, 0.5) is 0 Å². The molecular formula is C24H25N5O4S. The van der Waals surface area contributed by atoms with E-state index in [4.69, 9.17) is 9.72 Å². The van der Waals surface area contributed by atoms with E-state index in [-0.39, 0.29) is 10.8 Å². The number of sulfone groups is 1. The van der Waals surface area contributed by atoms with E-state index >= 15 is 0 Å². The molecule has 9 nitrogen and oxygen atoms in total. The van der Waals surface area contributed by atoms with E-state index in [1.54, 1.807) is 42.5 Å². The predicted octanol–water partition coefficient (Wildman–Crippen LogP) is 3.18. The largest absolute Gasteiger partial charge is 0.493 e. The van der Waals surface area contributed by atoms with E-state index in [1.807, 2.05) is 13.0 Å². The summed E-state index contributed by atoms with van der Waals surface area (Å²) in [6.07, 6.45) is 4.11. The highest BCUT2D eigenvalue weighted by Gasteiger charge is 2.14. The van der Waals surface area contributed by atoms with E-state index in [0.29, 0.717) is 47.7 Å². The number of pyridine rings is 1. The molecule has 176 valence electrons. The van der Waals surface area contributed by atoms with Gasteiger partial charge in [-0.1, -0.05) is 12.1 Å². The Morgan fingerprint density at radius 1 is 1.15 bits per heavy atom. The van der Waals surface area contributed by atoms with Crippen molar-refractivity contribution in [3.63, 3.8) is 0 Å². The zero-order valence-corrected chi connectivity index (χ0v) is 19.7. The van der Waals surface area contributed by atoms with Crippen molar-refractivity contribution in [2.24, 2.45) is 0 Å². The van der Waals surface area contributed by atoms with Crippen LogP contribution in [-0.4, -0.2) is 53.9 Å². The SMILES string of the molecule is CCOc1cc(-c2cccc(S(C)(=O)=O)c2)nc2cc(C(=O)NCCCc3nnc[nH]3)ccc12. The minimum absolute atomic E-state index is 0.205. The Labute approximate surface area is 197 Å². The summed E-state index contributed by atoms with van der Waals surface area (Å²) in [5.74, 6) is 1.19. The summed E-state index contributed by atoms with van der Waals surface area (Å²) in [4.78, 5) is 20.6. The molecule has 0 bridgehead atoms. The summed E-state index contributed by atoms with van der Waals surface area (Å²) >= 11 is 0.